The molecular formula is C20H24N2O3. The average molecular weight is 340 g/mol. The van der Waals surface area contributed by atoms with E-state index in [1.165, 1.54) is 0 Å². The van der Waals surface area contributed by atoms with E-state index in [9.17, 15) is 4.79 Å². The molecule has 0 bridgehead atoms. The van der Waals surface area contributed by atoms with Crippen molar-refractivity contribution in [3.63, 3.8) is 0 Å². The van der Waals surface area contributed by atoms with E-state index in [1.54, 1.807) is 23.2 Å². The van der Waals surface area contributed by atoms with Gasteiger partial charge in [-0.3, -0.25) is 9.78 Å². The third kappa shape index (κ3) is 3.92. The molecule has 0 saturated carbocycles. The van der Waals surface area contributed by atoms with Crippen LogP contribution in [-0.2, 0) is 0 Å². The predicted octanol–water partition coefficient (Wildman–Crippen LogP) is 3.86. The second-order valence-corrected chi connectivity index (χ2v) is 6.19. The van der Waals surface area contributed by atoms with Crippen LogP contribution in [0, 0.1) is 0 Å². The fraction of sp³-hybridized carbons (Fsp3) is 0.400. The first-order valence-electron chi connectivity index (χ1n) is 8.78. The number of pyridine rings is 1. The Bertz CT molecular complexity index is 718. The summed E-state index contributed by atoms with van der Waals surface area (Å²) >= 11 is 0. The number of ether oxygens (including phenoxy) is 2. The molecule has 0 fully saturated rings. The number of hydrogen-bond acceptors (Lipinski definition) is 4. The van der Waals surface area contributed by atoms with Crippen LogP contribution in [0.4, 0.5) is 0 Å². The van der Waals surface area contributed by atoms with Crippen LogP contribution in [-0.4, -0.2) is 36.1 Å². The number of carbonyl (C=O) groups is 1. The predicted molar refractivity (Wildman–Crippen MR) is 96.0 cm³/mol. The minimum Gasteiger partial charge on any atom is -0.490 e. The van der Waals surface area contributed by atoms with Gasteiger partial charge in [-0.25, -0.2) is 0 Å². The number of rotatable bonds is 5. The monoisotopic (exact) mass is 340 g/mol. The van der Waals surface area contributed by atoms with Gasteiger partial charge in [0.25, 0.3) is 5.91 Å². The van der Waals surface area contributed by atoms with Crippen molar-refractivity contribution in [1.82, 2.24) is 9.88 Å². The number of nitrogens with zero attached hydrogens (tertiary/aromatic N) is 2. The van der Waals surface area contributed by atoms with Gasteiger partial charge in [0.15, 0.2) is 11.5 Å². The Balaban J connectivity index is 1.84. The minimum absolute atomic E-state index is 0.0419. The van der Waals surface area contributed by atoms with Gasteiger partial charge in [-0.1, -0.05) is 19.4 Å². The van der Waals surface area contributed by atoms with E-state index in [-0.39, 0.29) is 11.9 Å². The molecule has 1 aliphatic heterocycles. The quantitative estimate of drug-likeness (QED) is 0.829. The van der Waals surface area contributed by atoms with Gasteiger partial charge in [-0.15, -0.1) is 0 Å². The molecule has 1 amide bonds. The fourth-order valence-electron chi connectivity index (χ4n) is 3.03. The van der Waals surface area contributed by atoms with E-state index in [2.05, 4.69) is 11.9 Å². The Hall–Kier alpha value is -2.56. The zero-order valence-electron chi connectivity index (χ0n) is 14.8. The van der Waals surface area contributed by atoms with Crippen molar-refractivity contribution >= 4 is 5.91 Å². The summed E-state index contributed by atoms with van der Waals surface area (Å²) in [5.41, 5.74) is 1.51. The van der Waals surface area contributed by atoms with Crippen LogP contribution in [0.3, 0.4) is 0 Å². The van der Waals surface area contributed by atoms with Crippen LogP contribution in [0.5, 0.6) is 11.5 Å². The second kappa shape index (κ2) is 8.01. The van der Waals surface area contributed by atoms with Crippen LogP contribution < -0.4 is 9.47 Å². The summed E-state index contributed by atoms with van der Waals surface area (Å²) in [4.78, 5) is 19.2. The molecule has 5 heteroatoms. The standard InChI is InChI=1S/C20H24N2O3/c1-3-7-17(16-8-4-5-11-21-16)22(2)20(23)15-9-10-18-19(14-15)25-13-6-12-24-18/h4-5,8-11,14,17H,3,6-7,12-13H2,1-2H3. The third-order valence-electron chi connectivity index (χ3n) is 4.37. The van der Waals surface area contributed by atoms with Crippen molar-refractivity contribution in [3.05, 3.63) is 53.9 Å². The van der Waals surface area contributed by atoms with Gasteiger partial charge in [0.05, 0.1) is 24.9 Å². The number of amides is 1. The summed E-state index contributed by atoms with van der Waals surface area (Å²) < 4.78 is 11.3. The van der Waals surface area contributed by atoms with E-state index in [0.29, 0.717) is 30.3 Å². The van der Waals surface area contributed by atoms with Gasteiger partial charge in [0, 0.05) is 25.2 Å². The molecule has 0 spiro atoms. The smallest absolute Gasteiger partial charge is 0.254 e. The van der Waals surface area contributed by atoms with Gasteiger partial charge in [0.2, 0.25) is 0 Å². The van der Waals surface area contributed by atoms with Crippen LogP contribution >= 0.6 is 0 Å². The zero-order valence-corrected chi connectivity index (χ0v) is 14.8. The molecule has 5 nitrogen and oxygen atoms in total. The molecule has 1 unspecified atom stereocenters. The fourth-order valence-corrected chi connectivity index (χ4v) is 3.03. The maximum absolute atomic E-state index is 13.0. The lowest BCUT2D eigenvalue weighted by atomic mass is 10.0. The van der Waals surface area contributed by atoms with Crippen LogP contribution in [0.15, 0.2) is 42.6 Å². The first-order chi connectivity index (χ1) is 12.2. The highest BCUT2D eigenvalue weighted by molar-refractivity contribution is 5.95. The number of carbonyl (C=O) groups excluding carboxylic acids is 1. The van der Waals surface area contributed by atoms with Crippen LogP contribution in [0.25, 0.3) is 0 Å². The Labute approximate surface area is 148 Å². The van der Waals surface area contributed by atoms with E-state index >= 15 is 0 Å². The van der Waals surface area contributed by atoms with Crippen molar-refractivity contribution in [3.8, 4) is 11.5 Å². The van der Waals surface area contributed by atoms with Gasteiger partial charge in [-0.2, -0.15) is 0 Å². The van der Waals surface area contributed by atoms with Crippen molar-refractivity contribution < 1.29 is 14.3 Å². The Morgan fingerprint density at radius 3 is 2.72 bits per heavy atom. The summed E-state index contributed by atoms with van der Waals surface area (Å²) in [5.74, 6) is 1.30. The van der Waals surface area contributed by atoms with Crippen molar-refractivity contribution in [2.24, 2.45) is 0 Å². The third-order valence-corrected chi connectivity index (χ3v) is 4.37. The molecule has 1 aromatic carbocycles. The summed E-state index contributed by atoms with van der Waals surface area (Å²) in [7, 11) is 1.83. The molecule has 25 heavy (non-hydrogen) atoms. The van der Waals surface area contributed by atoms with E-state index in [4.69, 9.17) is 9.47 Å². The molecule has 0 radical (unpaired) electrons. The highest BCUT2D eigenvalue weighted by Gasteiger charge is 2.24. The molecule has 2 aromatic rings. The van der Waals surface area contributed by atoms with Crippen molar-refractivity contribution in [2.75, 3.05) is 20.3 Å². The Morgan fingerprint density at radius 1 is 1.20 bits per heavy atom. The number of hydrogen-bond donors (Lipinski definition) is 0. The highest BCUT2D eigenvalue weighted by Crippen LogP contribution is 2.32. The average Bonchev–Trinajstić information content (AvgIpc) is 2.90. The highest BCUT2D eigenvalue weighted by atomic mass is 16.5. The summed E-state index contributed by atoms with van der Waals surface area (Å²) in [6, 6.07) is 11.2. The largest absolute Gasteiger partial charge is 0.490 e. The maximum Gasteiger partial charge on any atom is 0.254 e. The number of fused-ring (bicyclic) bond motifs is 1. The van der Waals surface area contributed by atoms with Gasteiger partial charge in [-0.05, 0) is 36.8 Å². The zero-order chi connectivity index (χ0) is 17.6. The van der Waals surface area contributed by atoms with Crippen molar-refractivity contribution in [2.45, 2.75) is 32.2 Å². The first kappa shape index (κ1) is 17.3. The lowest BCUT2D eigenvalue weighted by Gasteiger charge is -2.28. The van der Waals surface area contributed by atoms with Gasteiger partial charge >= 0.3 is 0 Å². The van der Waals surface area contributed by atoms with Gasteiger partial charge < -0.3 is 14.4 Å². The topological polar surface area (TPSA) is 51.7 Å². The van der Waals surface area contributed by atoms with Crippen molar-refractivity contribution in [1.29, 1.82) is 0 Å². The Morgan fingerprint density at radius 2 is 2.00 bits per heavy atom. The molecule has 132 valence electrons. The van der Waals surface area contributed by atoms with Crippen LogP contribution in [0.2, 0.25) is 0 Å². The minimum atomic E-state index is -0.0466. The molecule has 0 aliphatic carbocycles. The normalized spacial score (nSPS) is 14.5. The summed E-state index contributed by atoms with van der Waals surface area (Å²) in [6.45, 7) is 3.35. The first-order valence-corrected chi connectivity index (χ1v) is 8.78. The molecule has 1 aliphatic rings. The van der Waals surface area contributed by atoms with Crippen LogP contribution in [0.1, 0.15) is 48.3 Å². The SMILES string of the molecule is CCCC(c1ccccn1)N(C)C(=O)c1ccc2c(c1)OCCCO2. The lowest BCUT2D eigenvalue weighted by molar-refractivity contribution is 0.0717. The van der Waals surface area contributed by atoms with E-state index in [1.807, 2.05) is 31.3 Å². The number of aromatic nitrogens is 1. The number of benzene rings is 1. The molecule has 3 rings (SSSR count). The maximum atomic E-state index is 13.0. The molecular weight excluding hydrogens is 316 g/mol. The second-order valence-electron chi connectivity index (χ2n) is 6.19. The van der Waals surface area contributed by atoms with E-state index in [0.717, 1.165) is 25.0 Å². The summed E-state index contributed by atoms with van der Waals surface area (Å²) in [5, 5.41) is 0. The Kier molecular flexibility index (Phi) is 5.53. The molecule has 0 N–H and O–H groups in total. The molecule has 0 saturated heterocycles. The van der Waals surface area contributed by atoms with Gasteiger partial charge in [0.1, 0.15) is 0 Å². The lowest BCUT2D eigenvalue weighted by Crippen LogP contribution is -2.31. The van der Waals surface area contributed by atoms with E-state index < -0.39 is 0 Å². The molecule has 1 atom stereocenters. The molecule has 1 aromatic heterocycles. The summed E-state index contributed by atoms with van der Waals surface area (Å²) in [6.07, 6.45) is 4.45. The molecule has 2 heterocycles.